The molecule has 1 saturated heterocycles. The number of hydrogen-bond acceptors (Lipinski definition) is 6. The Morgan fingerprint density at radius 2 is 1.61 bits per heavy atom. The van der Waals surface area contributed by atoms with E-state index >= 15 is 0 Å². The van der Waals surface area contributed by atoms with Crippen LogP contribution < -0.4 is 9.62 Å². The smallest absolute Gasteiger partial charge is 0.229 e. The number of H-pyrrole nitrogens is 1. The SMILES string of the molecule is CN1CCN(c2ccc(-c3cnc4[nH]cc(-c5ccc(NS(C)(=O)=O)cc5)c4n3)cc2)CC1. The lowest BCUT2D eigenvalue weighted by molar-refractivity contribution is 0.313. The molecule has 0 amide bonds. The largest absolute Gasteiger partial charge is 0.369 e. The number of nitrogens with zero attached hydrogens (tertiary/aromatic N) is 4. The van der Waals surface area contributed by atoms with Gasteiger partial charge < -0.3 is 14.8 Å². The Morgan fingerprint density at radius 1 is 0.939 bits per heavy atom. The summed E-state index contributed by atoms with van der Waals surface area (Å²) in [6, 6.07) is 15.7. The molecule has 4 aromatic rings. The summed E-state index contributed by atoms with van der Waals surface area (Å²) in [6.07, 6.45) is 4.80. The van der Waals surface area contributed by atoms with Gasteiger partial charge in [0.25, 0.3) is 0 Å². The first-order valence-electron chi connectivity index (χ1n) is 10.8. The van der Waals surface area contributed by atoms with E-state index in [4.69, 9.17) is 4.98 Å². The molecule has 2 N–H and O–H groups in total. The third-order valence-corrected chi connectivity index (χ3v) is 6.52. The molecular weight excluding hydrogens is 436 g/mol. The third-order valence-electron chi connectivity index (χ3n) is 5.91. The van der Waals surface area contributed by atoms with Crippen LogP contribution in [0.5, 0.6) is 0 Å². The number of fused-ring (bicyclic) bond motifs is 1. The van der Waals surface area contributed by atoms with Gasteiger partial charge in [-0.2, -0.15) is 0 Å². The lowest BCUT2D eigenvalue weighted by Gasteiger charge is -2.34. The zero-order chi connectivity index (χ0) is 23.0. The summed E-state index contributed by atoms with van der Waals surface area (Å²) in [7, 11) is -1.15. The highest BCUT2D eigenvalue weighted by Crippen LogP contribution is 2.30. The first-order valence-corrected chi connectivity index (χ1v) is 12.7. The van der Waals surface area contributed by atoms with E-state index in [0.717, 1.165) is 60.3 Å². The molecule has 8 nitrogen and oxygen atoms in total. The molecule has 0 radical (unpaired) electrons. The molecule has 0 atom stereocenters. The van der Waals surface area contributed by atoms with Crippen LogP contribution in [0.1, 0.15) is 0 Å². The maximum Gasteiger partial charge on any atom is 0.229 e. The van der Waals surface area contributed by atoms with Crippen LogP contribution in [0.3, 0.4) is 0 Å². The van der Waals surface area contributed by atoms with E-state index in [9.17, 15) is 8.42 Å². The van der Waals surface area contributed by atoms with Gasteiger partial charge in [-0.05, 0) is 36.9 Å². The van der Waals surface area contributed by atoms with Gasteiger partial charge in [-0.1, -0.05) is 24.3 Å². The number of likely N-dealkylation sites (N-methyl/N-ethyl adjacent to an activating group) is 1. The maximum absolute atomic E-state index is 11.4. The van der Waals surface area contributed by atoms with Crippen LogP contribution in [0.2, 0.25) is 0 Å². The number of hydrogen-bond donors (Lipinski definition) is 2. The number of aromatic nitrogens is 3. The van der Waals surface area contributed by atoms with Gasteiger partial charge in [0, 0.05) is 54.9 Å². The Morgan fingerprint density at radius 3 is 2.27 bits per heavy atom. The van der Waals surface area contributed by atoms with Gasteiger partial charge in [0.05, 0.1) is 18.1 Å². The van der Waals surface area contributed by atoms with E-state index in [1.807, 2.05) is 18.3 Å². The van der Waals surface area contributed by atoms with Gasteiger partial charge in [-0.15, -0.1) is 0 Å². The molecule has 1 aliphatic heterocycles. The molecular formula is C24H26N6O2S. The van der Waals surface area contributed by atoms with Crippen molar-refractivity contribution in [1.29, 1.82) is 0 Å². The van der Waals surface area contributed by atoms with Crippen molar-refractivity contribution in [2.75, 3.05) is 49.1 Å². The first kappa shape index (κ1) is 21.4. The van der Waals surface area contributed by atoms with Crippen LogP contribution in [0.25, 0.3) is 33.5 Å². The van der Waals surface area contributed by atoms with Crippen LogP contribution in [-0.2, 0) is 10.0 Å². The fraction of sp³-hybridized carbons (Fsp3) is 0.250. The standard InChI is InChI=1S/C24H26N6O2S/c1-29-11-13-30(14-12-29)20-9-5-18(6-10-20)22-16-26-24-23(27-22)21(15-25-24)17-3-7-19(8-4-17)28-33(2,31)32/h3-10,15-16,28H,11-14H2,1-2H3,(H,25,26). The predicted molar refractivity (Wildman–Crippen MR) is 133 cm³/mol. The minimum Gasteiger partial charge on any atom is -0.369 e. The lowest BCUT2D eigenvalue weighted by atomic mass is 10.1. The number of piperazine rings is 1. The van der Waals surface area contributed by atoms with Gasteiger partial charge in [0.2, 0.25) is 10.0 Å². The second-order valence-corrected chi connectivity index (χ2v) is 10.2. The Kier molecular flexibility index (Phi) is 5.51. The summed E-state index contributed by atoms with van der Waals surface area (Å²) < 4.78 is 25.4. The quantitative estimate of drug-likeness (QED) is 0.472. The number of benzene rings is 2. The van der Waals surface area contributed by atoms with Gasteiger partial charge in [-0.25, -0.2) is 18.4 Å². The molecule has 2 aromatic heterocycles. The molecule has 1 aliphatic rings. The van der Waals surface area contributed by atoms with E-state index < -0.39 is 10.0 Å². The molecule has 0 bridgehead atoms. The molecule has 3 heterocycles. The first-order chi connectivity index (χ1) is 15.9. The van der Waals surface area contributed by atoms with Gasteiger partial charge in [-0.3, -0.25) is 4.72 Å². The van der Waals surface area contributed by atoms with Crippen molar-refractivity contribution < 1.29 is 8.42 Å². The summed E-state index contributed by atoms with van der Waals surface area (Å²) in [6.45, 7) is 4.22. The molecule has 1 fully saturated rings. The van der Waals surface area contributed by atoms with Crippen molar-refractivity contribution in [3.05, 3.63) is 60.9 Å². The van der Waals surface area contributed by atoms with Crippen molar-refractivity contribution in [3.8, 4) is 22.4 Å². The van der Waals surface area contributed by atoms with Crippen molar-refractivity contribution in [3.63, 3.8) is 0 Å². The van der Waals surface area contributed by atoms with Crippen molar-refractivity contribution in [2.24, 2.45) is 0 Å². The highest BCUT2D eigenvalue weighted by atomic mass is 32.2. The van der Waals surface area contributed by atoms with Crippen molar-refractivity contribution in [1.82, 2.24) is 19.9 Å². The molecule has 170 valence electrons. The van der Waals surface area contributed by atoms with Crippen LogP contribution in [-0.4, -0.2) is 67.8 Å². The summed E-state index contributed by atoms with van der Waals surface area (Å²) >= 11 is 0. The van der Waals surface area contributed by atoms with Crippen LogP contribution in [0.4, 0.5) is 11.4 Å². The number of rotatable bonds is 5. The maximum atomic E-state index is 11.4. The number of aromatic amines is 1. The highest BCUT2D eigenvalue weighted by Gasteiger charge is 2.15. The van der Waals surface area contributed by atoms with Gasteiger partial charge in [0.1, 0.15) is 5.52 Å². The topological polar surface area (TPSA) is 94.2 Å². The monoisotopic (exact) mass is 462 g/mol. The van der Waals surface area contributed by atoms with Crippen LogP contribution in [0.15, 0.2) is 60.9 Å². The summed E-state index contributed by atoms with van der Waals surface area (Å²) in [5.41, 5.74) is 6.90. The molecule has 5 rings (SSSR count). The average molecular weight is 463 g/mol. The Labute approximate surface area is 193 Å². The normalized spacial score (nSPS) is 15.2. The third kappa shape index (κ3) is 4.69. The van der Waals surface area contributed by atoms with Crippen molar-refractivity contribution >= 4 is 32.6 Å². The molecule has 33 heavy (non-hydrogen) atoms. The molecule has 0 spiro atoms. The van der Waals surface area contributed by atoms with E-state index in [1.54, 1.807) is 18.3 Å². The molecule has 0 unspecified atom stereocenters. The zero-order valence-corrected chi connectivity index (χ0v) is 19.4. The van der Waals surface area contributed by atoms with E-state index in [0.29, 0.717) is 11.3 Å². The van der Waals surface area contributed by atoms with Gasteiger partial charge in [0.15, 0.2) is 5.65 Å². The lowest BCUT2D eigenvalue weighted by Crippen LogP contribution is -2.44. The molecule has 0 saturated carbocycles. The number of sulfonamides is 1. The second-order valence-electron chi connectivity index (χ2n) is 8.44. The predicted octanol–water partition coefficient (Wildman–Crippen LogP) is 3.42. The fourth-order valence-corrected chi connectivity index (χ4v) is 4.65. The number of nitrogens with one attached hydrogen (secondary N) is 2. The summed E-state index contributed by atoms with van der Waals surface area (Å²) in [5, 5.41) is 0. The minimum atomic E-state index is -3.31. The molecule has 2 aromatic carbocycles. The molecule has 9 heteroatoms. The Hall–Kier alpha value is -3.43. The fourth-order valence-electron chi connectivity index (χ4n) is 4.09. The van der Waals surface area contributed by atoms with E-state index in [1.165, 1.54) is 5.69 Å². The Balaban J connectivity index is 1.41. The highest BCUT2D eigenvalue weighted by molar-refractivity contribution is 7.92. The minimum absolute atomic E-state index is 0.522. The Bertz CT molecular complexity index is 1370. The summed E-state index contributed by atoms with van der Waals surface area (Å²) in [4.78, 5) is 17.4. The van der Waals surface area contributed by atoms with E-state index in [-0.39, 0.29) is 0 Å². The summed E-state index contributed by atoms with van der Waals surface area (Å²) in [5.74, 6) is 0. The molecule has 0 aliphatic carbocycles. The van der Waals surface area contributed by atoms with Crippen LogP contribution >= 0.6 is 0 Å². The van der Waals surface area contributed by atoms with E-state index in [2.05, 4.69) is 55.8 Å². The van der Waals surface area contributed by atoms with Crippen molar-refractivity contribution in [2.45, 2.75) is 0 Å². The second kappa shape index (κ2) is 8.49. The van der Waals surface area contributed by atoms with Crippen LogP contribution in [0, 0.1) is 0 Å². The zero-order valence-electron chi connectivity index (χ0n) is 18.6. The van der Waals surface area contributed by atoms with Gasteiger partial charge >= 0.3 is 0 Å². The number of anilines is 2. The average Bonchev–Trinajstić information content (AvgIpc) is 3.22.